The molecule has 2 aromatic carbocycles. The summed E-state index contributed by atoms with van der Waals surface area (Å²) in [5.41, 5.74) is 0.750. The van der Waals surface area contributed by atoms with Crippen LogP contribution in [0.3, 0.4) is 0 Å². The third-order valence-corrected chi connectivity index (χ3v) is 3.72. The molecule has 0 unspecified atom stereocenters. The molecule has 0 aliphatic heterocycles. The molecule has 2 aromatic rings. The van der Waals surface area contributed by atoms with Crippen molar-refractivity contribution in [2.24, 2.45) is 0 Å². The minimum absolute atomic E-state index is 0.160. The van der Waals surface area contributed by atoms with Crippen LogP contribution in [0, 0.1) is 0 Å². The van der Waals surface area contributed by atoms with E-state index in [1.807, 2.05) is 6.92 Å². The normalized spacial score (nSPS) is 10.1. The van der Waals surface area contributed by atoms with E-state index in [1.54, 1.807) is 36.4 Å². The molecule has 26 heavy (non-hydrogen) atoms. The summed E-state index contributed by atoms with van der Waals surface area (Å²) in [4.78, 5) is 23.8. The van der Waals surface area contributed by atoms with Gasteiger partial charge in [0.05, 0.1) is 17.2 Å². The maximum Gasteiger partial charge on any atom is 0.262 e. The predicted octanol–water partition coefficient (Wildman–Crippen LogP) is 3.51. The lowest BCUT2D eigenvalue weighted by atomic mass is 10.2. The Bertz CT molecular complexity index is 763. The van der Waals surface area contributed by atoms with Gasteiger partial charge in [0.15, 0.2) is 6.61 Å². The Morgan fingerprint density at radius 3 is 2.31 bits per heavy atom. The second-order valence-electron chi connectivity index (χ2n) is 5.43. The van der Waals surface area contributed by atoms with Crippen LogP contribution in [0.4, 0.5) is 5.69 Å². The lowest BCUT2D eigenvalue weighted by Gasteiger charge is -2.10. The smallest absolute Gasteiger partial charge is 0.262 e. The molecule has 0 heterocycles. The molecule has 6 nitrogen and oxygen atoms in total. The number of halogens is 1. The highest BCUT2D eigenvalue weighted by atomic mass is 35.5. The zero-order valence-corrected chi connectivity index (χ0v) is 15.4. The van der Waals surface area contributed by atoms with E-state index in [0.29, 0.717) is 23.1 Å². The highest BCUT2D eigenvalue weighted by molar-refractivity contribution is 6.34. The summed E-state index contributed by atoms with van der Waals surface area (Å²) in [6.07, 6.45) is 0.935. The van der Waals surface area contributed by atoms with E-state index in [-0.39, 0.29) is 24.0 Å². The lowest BCUT2D eigenvalue weighted by molar-refractivity contribution is -0.118. The summed E-state index contributed by atoms with van der Waals surface area (Å²) in [6.45, 7) is 2.53. The van der Waals surface area contributed by atoms with Crippen molar-refractivity contribution >= 4 is 29.1 Å². The summed E-state index contributed by atoms with van der Waals surface area (Å²) in [6, 6.07) is 11.7. The number of anilines is 1. The number of benzene rings is 2. The fraction of sp³-hybridized carbons (Fsp3) is 0.263. The zero-order chi connectivity index (χ0) is 18.9. The van der Waals surface area contributed by atoms with Crippen molar-refractivity contribution in [1.29, 1.82) is 0 Å². The summed E-state index contributed by atoms with van der Waals surface area (Å²) >= 11 is 5.98. The summed E-state index contributed by atoms with van der Waals surface area (Å²) in [5, 5.41) is 5.48. The molecule has 0 aliphatic rings. The number of hydrogen-bond donors (Lipinski definition) is 2. The molecule has 2 N–H and O–H groups in total. The first kappa shape index (κ1) is 19.6. The topological polar surface area (TPSA) is 76.7 Å². The van der Waals surface area contributed by atoms with Gasteiger partial charge in [-0.1, -0.05) is 18.5 Å². The molecule has 0 bridgehead atoms. The van der Waals surface area contributed by atoms with Gasteiger partial charge in [-0.3, -0.25) is 9.59 Å². The average Bonchev–Trinajstić information content (AvgIpc) is 2.66. The maximum absolute atomic E-state index is 12.0. The SMILES string of the molecule is CCCOc1ccc(OCC(=O)Nc2ccc(Cl)c(C(=O)NC)c2)cc1. The van der Waals surface area contributed by atoms with Crippen LogP contribution < -0.4 is 20.1 Å². The molecule has 2 rings (SSSR count). The Kier molecular flexibility index (Phi) is 7.29. The number of carbonyl (C=O) groups is 2. The molecule has 0 saturated carbocycles. The molecule has 138 valence electrons. The summed E-state index contributed by atoms with van der Waals surface area (Å²) < 4.78 is 10.9. The minimum Gasteiger partial charge on any atom is -0.494 e. The number of amides is 2. The van der Waals surface area contributed by atoms with Gasteiger partial charge in [-0.25, -0.2) is 0 Å². The predicted molar refractivity (Wildman–Crippen MR) is 101 cm³/mol. The highest BCUT2D eigenvalue weighted by Gasteiger charge is 2.11. The fourth-order valence-electron chi connectivity index (χ4n) is 2.11. The van der Waals surface area contributed by atoms with E-state index in [2.05, 4.69) is 10.6 Å². The molecule has 0 aliphatic carbocycles. The van der Waals surface area contributed by atoms with Crippen LogP contribution in [0.15, 0.2) is 42.5 Å². The van der Waals surface area contributed by atoms with Gasteiger partial charge in [0, 0.05) is 12.7 Å². The van der Waals surface area contributed by atoms with E-state index in [1.165, 1.54) is 13.1 Å². The number of carbonyl (C=O) groups excluding carboxylic acids is 2. The van der Waals surface area contributed by atoms with Crippen molar-refractivity contribution in [2.75, 3.05) is 25.6 Å². The Balaban J connectivity index is 1.90. The molecule has 2 amide bonds. The number of hydrogen-bond acceptors (Lipinski definition) is 4. The maximum atomic E-state index is 12.0. The quantitative estimate of drug-likeness (QED) is 0.739. The Hall–Kier alpha value is -2.73. The van der Waals surface area contributed by atoms with Gasteiger partial charge in [-0.05, 0) is 48.9 Å². The van der Waals surface area contributed by atoms with Crippen LogP contribution in [0.2, 0.25) is 5.02 Å². The van der Waals surface area contributed by atoms with Crippen LogP contribution in [0.25, 0.3) is 0 Å². The zero-order valence-electron chi connectivity index (χ0n) is 14.7. The first-order valence-corrected chi connectivity index (χ1v) is 8.58. The summed E-state index contributed by atoms with van der Waals surface area (Å²) in [5.74, 6) is 0.645. The van der Waals surface area contributed by atoms with E-state index >= 15 is 0 Å². The summed E-state index contributed by atoms with van der Waals surface area (Å²) in [7, 11) is 1.51. The largest absolute Gasteiger partial charge is 0.494 e. The molecule has 7 heteroatoms. The van der Waals surface area contributed by atoms with Gasteiger partial charge in [0.1, 0.15) is 11.5 Å². The van der Waals surface area contributed by atoms with Gasteiger partial charge in [0.2, 0.25) is 0 Å². The van der Waals surface area contributed by atoms with Crippen LogP contribution in [0.1, 0.15) is 23.7 Å². The van der Waals surface area contributed by atoms with Crippen molar-refractivity contribution in [3.8, 4) is 11.5 Å². The molecule has 0 saturated heterocycles. The van der Waals surface area contributed by atoms with E-state index in [4.69, 9.17) is 21.1 Å². The van der Waals surface area contributed by atoms with Gasteiger partial charge < -0.3 is 20.1 Å². The van der Waals surface area contributed by atoms with E-state index in [9.17, 15) is 9.59 Å². The van der Waals surface area contributed by atoms with Gasteiger partial charge >= 0.3 is 0 Å². The Morgan fingerprint density at radius 2 is 1.69 bits per heavy atom. The number of nitrogens with one attached hydrogen (secondary N) is 2. The van der Waals surface area contributed by atoms with E-state index in [0.717, 1.165) is 12.2 Å². The highest BCUT2D eigenvalue weighted by Crippen LogP contribution is 2.21. The van der Waals surface area contributed by atoms with Crippen LogP contribution in [-0.2, 0) is 4.79 Å². The van der Waals surface area contributed by atoms with Crippen LogP contribution >= 0.6 is 11.6 Å². The van der Waals surface area contributed by atoms with Crippen molar-refractivity contribution in [1.82, 2.24) is 5.32 Å². The molecular weight excluding hydrogens is 356 g/mol. The van der Waals surface area contributed by atoms with Crippen molar-refractivity contribution in [3.05, 3.63) is 53.1 Å². The molecule has 0 atom stereocenters. The second-order valence-corrected chi connectivity index (χ2v) is 5.84. The molecule has 0 spiro atoms. The monoisotopic (exact) mass is 376 g/mol. The number of ether oxygens (including phenoxy) is 2. The molecule has 0 radical (unpaired) electrons. The van der Waals surface area contributed by atoms with Gasteiger partial charge in [-0.15, -0.1) is 0 Å². The number of rotatable bonds is 8. The third kappa shape index (κ3) is 5.67. The molecule has 0 aromatic heterocycles. The average molecular weight is 377 g/mol. The first-order chi connectivity index (χ1) is 12.5. The minimum atomic E-state index is -0.346. The standard InChI is InChI=1S/C19H21ClN2O4/c1-3-10-25-14-5-7-15(8-6-14)26-12-18(23)22-13-4-9-17(20)16(11-13)19(24)21-2/h4-9,11H,3,10,12H2,1-2H3,(H,21,24)(H,22,23). The van der Waals surface area contributed by atoms with Gasteiger partial charge in [0.25, 0.3) is 11.8 Å². The van der Waals surface area contributed by atoms with Crippen molar-refractivity contribution < 1.29 is 19.1 Å². The first-order valence-electron chi connectivity index (χ1n) is 8.20. The molecule has 0 fully saturated rings. The Morgan fingerprint density at radius 1 is 1.04 bits per heavy atom. The van der Waals surface area contributed by atoms with E-state index < -0.39 is 0 Å². The third-order valence-electron chi connectivity index (χ3n) is 3.39. The molecular formula is C19H21ClN2O4. The fourth-order valence-corrected chi connectivity index (χ4v) is 2.31. The second kappa shape index (κ2) is 9.68. The lowest BCUT2D eigenvalue weighted by Crippen LogP contribution is -2.21. The van der Waals surface area contributed by atoms with Crippen LogP contribution in [0.5, 0.6) is 11.5 Å². The van der Waals surface area contributed by atoms with Crippen LogP contribution in [-0.4, -0.2) is 32.1 Å². The van der Waals surface area contributed by atoms with Crippen molar-refractivity contribution in [2.45, 2.75) is 13.3 Å². The Labute approximate surface area is 157 Å². The van der Waals surface area contributed by atoms with Gasteiger partial charge in [-0.2, -0.15) is 0 Å². The van der Waals surface area contributed by atoms with Crippen molar-refractivity contribution in [3.63, 3.8) is 0 Å².